The first-order chi connectivity index (χ1) is 17.9. The van der Waals surface area contributed by atoms with E-state index in [4.69, 9.17) is 0 Å². The molecule has 6 nitrogen and oxygen atoms in total. The van der Waals surface area contributed by atoms with E-state index in [1.54, 1.807) is 36.4 Å². The van der Waals surface area contributed by atoms with E-state index in [0.717, 1.165) is 16.7 Å². The van der Waals surface area contributed by atoms with E-state index in [0.29, 0.717) is 23.4 Å². The smallest absolute Gasteiger partial charge is 0.305 e. The summed E-state index contributed by atoms with van der Waals surface area (Å²) in [4.78, 5) is 37.2. The molecule has 0 fully saturated rings. The highest BCUT2D eigenvalue weighted by atomic mass is 16.4. The molecule has 6 heteroatoms. The van der Waals surface area contributed by atoms with Crippen LogP contribution in [0.5, 0.6) is 0 Å². The van der Waals surface area contributed by atoms with Gasteiger partial charge in [-0.15, -0.1) is 0 Å². The SMILES string of the molecule is Cc1ccc(C(=O)c2cccn2C/C=C/c2cccc(C(=O)NC(CC(=O)O)c3ccccc3)c2)cc1. The van der Waals surface area contributed by atoms with Gasteiger partial charge in [0.2, 0.25) is 5.78 Å². The summed E-state index contributed by atoms with van der Waals surface area (Å²) >= 11 is 0. The minimum atomic E-state index is -0.990. The van der Waals surface area contributed by atoms with Gasteiger partial charge < -0.3 is 15.0 Å². The first-order valence-corrected chi connectivity index (χ1v) is 12.0. The number of ketones is 1. The third-order valence-corrected chi connectivity index (χ3v) is 6.02. The summed E-state index contributed by atoms with van der Waals surface area (Å²) in [6.07, 6.45) is 5.47. The Balaban J connectivity index is 1.44. The molecule has 0 saturated carbocycles. The maximum atomic E-state index is 12.9. The lowest BCUT2D eigenvalue weighted by molar-refractivity contribution is -0.137. The largest absolute Gasteiger partial charge is 0.481 e. The number of carboxylic acid groups (broad SMARTS) is 1. The van der Waals surface area contributed by atoms with Gasteiger partial charge in [0.25, 0.3) is 5.91 Å². The first-order valence-electron chi connectivity index (χ1n) is 12.0. The number of aryl methyl sites for hydroxylation is 1. The molecular weight excluding hydrogens is 464 g/mol. The van der Waals surface area contributed by atoms with Crippen LogP contribution < -0.4 is 5.32 Å². The highest BCUT2D eigenvalue weighted by Gasteiger charge is 2.19. The van der Waals surface area contributed by atoms with Crippen molar-refractivity contribution in [2.24, 2.45) is 0 Å². The number of hydrogen-bond donors (Lipinski definition) is 2. The van der Waals surface area contributed by atoms with Gasteiger partial charge in [-0.25, -0.2) is 0 Å². The van der Waals surface area contributed by atoms with Crippen molar-refractivity contribution in [3.8, 4) is 0 Å². The number of aliphatic carboxylic acids is 1. The molecule has 0 aliphatic carbocycles. The lowest BCUT2D eigenvalue weighted by Crippen LogP contribution is -2.30. The van der Waals surface area contributed by atoms with Gasteiger partial charge in [0.1, 0.15) is 0 Å². The van der Waals surface area contributed by atoms with Gasteiger partial charge >= 0.3 is 5.97 Å². The quantitative estimate of drug-likeness (QED) is 0.279. The second-order valence-corrected chi connectivity index (χ2v) is 8.80. The molecule has 1 aromatic heterocycles. The van der Waals surface area contributed by atoms with Crippen molar-refractivity contribution in [3.63, 3.8) is 0 Å². The molecule has 1 heterocycles. The Hall–Kier alpha value is -4.71. The van der Waals surface area contributed by atoms with Crippen LogP contribution in [0.3, 0.4) is 0 Å². The van der Waals surface area contributed by atoms with Crippen LogP contribution >= 0.6 is 0 Å². The van der Waals surface area contributed by atoms with Crippen LogP contribution in [-0.4, -0.2) is 27.3 Å². The van der Waals surface area contributed by atoms with Gasteiger partial charge in [0.05, 0.1) is 18.2 Å². The maximum absolute atomic E-state index is 12.9. The van der Waals surface area contributed by atoms with Crippen molar-refractivity contribution >= 4 is 23.7 Å². The number of rotatable bonds is 10. The van der Waals surface area contributed by atoms with Crippen LogP contribution in [0.25, 0.3) is 6.08 Å². The van der Waals surface area contributed by atoms with E-state index >= 15 is 0 Å². The number of nitrogens with one attached hydrogen (secondary N) is 1. The third-order valence-electron chi connectivity index (χ3n) is 6.02. The van der Waals surface area contributed by atoms with Crippen molar-refractivity contribution in [2.75, 3.05) is 0 Å². The number of carbonyl (C=O) groups excluding carboxylic acids is 2. The predicted molar refractivity (Wildman–Crippen MR) is 143 cm³/mol. The number of benzene rings is 3. The average molecular weight is 493 g/mol. The van der Waals surface area contributed by atoms with Crippen molar-refractivity contribution in [3.05, 3.63) is 137 Å². The second kappa shape index (κ2) is 11.8. The van der Waals surface area contributed by atoms with E-state index in [1.165, 1.54) is 0 Å². The number of carboxylic acids is 1. The molecule has 0 bridgehead atoms. The minimum Gasteiger partial charge on any atom is -0.481 e. The van der Waals surface area contributed by atoms with Crippen LogP contribution in [0.4, 0.5) is 0 Å². The topological polar surface area (TPSA) is 88.4 Å². The summed E-state index contributed by atoms with van der Waals surface area (Å²) in [6, 6.07) is 26.7. The number of aromatic nitrogens is 1. The number of allylic oxidation sites excluding steroid dienone is 1. The normalized spacial score (nSPS) is 11.8. The molecule has 4 aromatic rings. The minimum absolute atomic E-state index is 0.0357. The predicted octanol–water partition coefficient (Wildman–Crippen LogP) is 5.69. The van der Waals surface area contributed by atoms with Gasteiger partial charge in [-0.2, -0.15) is 0 Å². The highest BCUT2D eigenvalue weighted by molar-refractivity contribution is 6.08. The molecule has 37 heavy (non-hydrogen) atoms. The Kier molecular flexibility index (Phi) is 8.11. The molecule has 1 atom stereocenters. The fourth-order valence-corrected chi connectivity index (χ4v) is 4.07. The van der Waals surface area contributed by atoms with E-state index in [-0.39, 0.29) is 18.1 Å². The number of amides is 1. The molecule has 0 saturated heterocycles. The maximum Gasteiger partial charge on any atom is 0.305 e. The molecule has 2 N–H and O–H groups in total. The molecule has 0 aliphatic heterocycles. The van der Waals surface area contributed by atoms with E-state index in [1.807, 2.05) is 84.4 Å². The van der Waals surface area contributed by atoms with Crippen LogP contribution in [0.15, 0.2) is 103 Å². The average Bonchev–Trinajstić information content (AvgIpc) is 3.37. The standard InChI is InChI=1S/C31H28N2O4/c1-22-14-16-25(17-15-22)30(36)28-13-7-19-33(28)18-6-9-23-8-5-12-26(20-23)31(37)32-27(21-29(34)35)24-10-3-2-4-11-24/h2-17,19-20,27H,18,21H2,1H3,(H,32,37)(H,34,35)/b9-6+. The Morgan fingerprint density at radius 2 is 1.65 bits per heavy atom. The highest BCUT2D eigenvalue weighted by Crippen LogP contribution is 2.18. The van der Waals surface area contributed by atoms with Crippen molar-refractivity contribution in [2.45, 2.75) is 25.9 Å². The third kappa shape index (κ3) is 6.70. The first kappa shape index (κ1) is 25.4. The fourth-order valence-electron chi connectivity index (χ4n) is 4.07. The number of carbonyl (C=O) groups is 3. The van der Waals surface area contributed by atoms with Crippen LogP contribution in [0.2, 0.25) is 0 Å². The Morgan fingerprint density at radius 1 is 0.892 bits per heavy atom. The van der Waals surface area contributed by atoms with Gasteiger partial charge in [0.15, 0.2) is 0 Å². The molecule has 186 valence electrons. The molecule has 4 rings (SSSR count). The lowest BCUT2D eigenvalue weighted by Gasteiger charge is -2.17. The zero-order chi connectivity index (χ0) is 26.2. The second-order valence-electron chi connectivity index (χ2n) is 8.80. The summed E-state index contributed by atoms with van der Waals surface area (Å²) < 4.78 is 1.88. The fraction of sp³-hybridized carbons (Fsp3) is 0.129. The number of nitrogens with zero attached hydrogens (tertiary/aromatic N) is 1. The number of hydrogen-bond acceptors (Lipinski definition) is 3. The molecule has 3 aromatic carbocycles. The zero-order valence-corrected chi connectivity index (χ0v) is 20.5. The summed E-state index contributed by atoms with van der Waals surface area (Å²) in [5.41, 5.74) is 4.34. The van der Waals surface area contributed by atoms with Gasteiger partial charge in [0, 0.05) is 23.9 Å². The van der Waals surface area contributed by atoms with Gasteiger partial charge in [-0.3, -0.25) is 14.4 Å². The van der Waals surface area contributed by atoms with Crippen molar-refractivity contribution in [1.82, 2.24) is 9.88 Å². The molecule has 1 unspecified atom stereocenters. The molecule has 0 aliphatic rings. The summed E-state index contributed by atoms with van der Waals surface area (Å²) in [6.45, 7) is 2.48. The Labute approximate surface area is 215 Å². The molecule has 0 spiro atoms. The Bertz CT molecular complexity index is 1420. The molecule has 0 radical (unpaired) electrons. The lowest BCUT2D eigenvalue weighted by atomic mass is 10.0. The van der Waals surface area contributed by atoms with E-state index < -0.39 is 12.0 Å². The van der Waals surface area contributed by atoms with Crippen LogP contribution in [0, 0.1) is 6.92 Å². The van der Waals surface area contributed by atoms with Crippen molar-refractivity contribution in [1.29, 1.82) is 0 Å². The van der Waals surface area contributed by atoms with E-state index in [9.17, 15) is 19.5 Å². The Morgan fingerprint density at radius 3 is 2.38 bits per heavy atom. The molecule has 1 amide bonds. The van der Waals surface area contributed by atoms with E-state index in [2.05, 4.69) is 5.32 Å². The van der Waals surface area contributed by atoms with Crippen LogP contribution in [0.1, 0.15) is 55.6 Å². The summed E-state index contributed by atoms with van der Waals surface area (Å²) in [5, 5.41) is 12.1. The monoisotopic (exact) mass is 492 g/mol. The van der Waals surface area contributed by atoms with Crippen molar-refractivity contribution < 1.29 is 19.5 Å². The van der Waals surface area contributed by atoms with Gasteiger partial charge in [-0.1, -0.05) is 84.4 Å². The summed E-state index contributed by atoms with van der Waals surface area (Å²) in [7, 11) is 0. The summed E-state index contributed by atoms with van der Waals surface area (Å²) in [5.74, 6) is -1.37. The molecular formula is C31H28N2O4. The van der Waals surface area contributed by atoms with Crippen LogP contribution in [-0.2, 0) is 11.3 Å². The zero-order valence-electron chi connectivity index (χ0n) is 20.5. The van der Waals surface area contributed by atoms with Gasteiger partial charge in [-0.05, 0) is 42.3 Å².